The molecule has 2 atom stereocenters. The van der Waals surface area contributed by atoms with Crippen molar-refractivity contribution in [1.29, 1.82) is 0 Å². The molecule has 0 radical (unpaired) electrons. The van der Waals surface area contributed by atoms with E-state index in [-0.39, 0.29) is 5.91 Å². The van der Waals surface area contributed by atoms with Crippen LogP contribution in [0.25, 0.3) is 0 Å². The highest BCUT2D eigenvalue weighted by Gasteiger charge is 2.36. The fourth-order valence-corrected chi connectivity index (χ4v) is 3.98. The summed E-state index contributed by atoms with van der Waals surface area (Å²) in [5.41, 5.74) is 0.526. The molecule has 0 aromatic carbocycles. The smallest absolute Gasteiger partial charge is 0.272 e. The molecule has 1 aromatic heterocycles. The number of hydrogen-bond donors (Lipinski definition) is 0. The molecule has 4 rings (SSSR count). The third kappa shape index (κ3) is 3.04. The van der Waals surface area contributed by atoms with Crippen molar-refractivity contribution in [2.24, 2.45) is 5.92 Å². The van der Waals surface area contributed by atoms with E-state index in [1.165, 1.54) is 25.6 Å². The fourth-order valence-electron chi connectivity index (χ4n) is 3.98. The Bertz CT molecular complexity index is 573. The standard InChI is InChI=1S/C17H24N4O2/c22-17(21-8-4-15-13(11-21)5-9-23-15)14-10-16(19-12-18-14)20-6-2-1-3-7-20/h10,12-13,15H,1-9,11H2/t13-,15+/m1/s1. The van der Waals surface area contributed by atoms with Gasteiger partial charge in [-0.3, -0.25) is 4.79 Å². The molecule has 6 nitrogen and oxygen atoms in total. The minimum absolute atomic E-state index is 0.0380. The Hall–Kier alpha value is -1.69. The van der Waals surface area contributed by atoms with Gasteiger partial charge in [-0.1, -0.05) is 0 Å². The summed E-state index contributed by atoms with van der Waals surface area (Å²) >= 11 is 0. The molecule has 3 aliphatic rings. The highest BCUT2D eigenvalue weighted by atomic mass is 16.5. The van der Waals surface area contributed by atoms with Crippen molar-refractivity contribution in [3.8, 4) is 0 Å². The number of nitrogens with zero attached hydrogens (tertiary/aromatic N) is 4. The predicted octanol–water partition coefficient (Wildman–Crippen LogP) is 1.72. The first-order chi connectivity index (χ1) is 11.3. The topological polar surface area (TPSA) is 58.6 Å². The molecule has 3 fully saturated rings. The number of hydrogen-bond acceptors (Lipinski definition) is 5. The van der Waals surface area contributed by atoms with Crippen LogP contribution in [0.5, 0.6) is 0 Å². The Balaban J connectivity index is 1.47. The normalized spacial score (nSPS) is 27.8. The lowest BCUT2D eigenvalue weighted by Gasteiger charge is -2.34. The zero-order valence-electron chi connectivity index (χ0n) is 13.5. The molecule has 0 saturated carbocycles. The number of rotatable bonds is 2. The van der Waals surface area contributed by atoms with Gasteiger partial charge in [0.15, 0.2) is 0 Å². The number of carbonyl (C=O) groups excluding carboxylic acids is 1. The van der Waals surface area contributed by atoms with Crippen LogP contribution in [0.2, 0.25) is 0 Å². The van der Waals surface area contributed by atoms with Crippen molar-refractivity contribution in [1.82, 2.24) is 14.9 Å². The number of aromatic nitrogens is 2. The van der Waals surface area contributed by atoms with E-state index in [0.29, 0.717) is 17.7 Å². The van der Waals surface area contributed by atoms with Crippen LogP contribution in [0.15, 0.2) is 12.4 Å². The van der Waals surface area contributed by atoms with Crippen LogP contribution >= 0.6 is 0 Å². The summed E-state index contributed by atoms with van der Waals surface area (Å²) in [5.74, 6) is 1.43. The predicted molar refractivity (Wildman–Crippen MR) is 86.5 cm³/mol. The largest absolute Gasteiger partial charge is 0.378 e. The van der Waals surface area contributed by atoms with E-state index in [0.717, 1.165) is 51.4 Å². The maximum atomic E-state index is 12.8. The van der Waals surface area contributed by atoms with E-state index in [1.807, 2.05) is 11.0 Å². The average Bonchev–Trinajstić information content (AvgIpc) is 3.09. The monoisotopic (exact) mass is 316 g/mol. The highest BCUT2D eigenvalue weighted by molar-refractivity contribution is 5.93. The number of ether oxygens (including phenoxy) is 1. The lowest BCUT2D eigenvalue weighted by Crippen LogP contribution is -2.44. The summed E-state index contributed by atoms with van der Waals surface area (Å²) in [6.45, 7) is 4.45. The summed E-state index contributed by atoms with van der Waals surface area (Å²) in [5, 5.41) is 0. The van der Waals surface area contributed by atoms with E-state index in [4.69, 9.17) is 4.74 Å². The van der Waals surface area contributed by atoms with E-state index in [2.05, 4.69) is 14.9 Å². The van der Waals surface area contributed by atoms with Crippen LogP contribution in [0, 0.1) is 5.92 Å². The van der Waals surface area contributed by atoms with Crippen molar-refractivity contribution >= 4 is 11.7 Å². The summed E-state index contributed by atoms with van der Waals surface area (Å²) in [6.07, 6.45) is 7.57. The maximum Gasteiger partial charge on any atom is 0.272 e. The molecule has 0 aliphatic carbocycles. The van der Waals surface area contributed by atoms with E-state index >= 15 is 0 Å². The van der Waals surface area contributed by atoms with Crippen LogP contribution in [-0.2, 0) is 4.74 Å². The maximum absolute atomic E-state index is 12.8. The Kier molecular flexibility index (Phi) is 4.16. The molecule has 4 heterocycles. The van der Waals surface area contributed by atoms with E-state index in [9.17, 15) is 4.79 Å². The minimum Gasteiger partial charge on any atom is -0.378 e. The minimum atomic E-state index is 0.0380. The molecule has 23 heavy (non-hydrogen) atoms. The zero-order chi connectivity index (χ0) is 15.6. The van der Waals surface area contributed by atoms with Crippen molar-refractivity contribution in [2.75, 3.05) is 37.7 Å². The first kappa shape index (κ1) is 14.9. The molecule has 1 amide bonds. The summed E-state index contributed by atoms with van der Waals surface area (Å²) in [7, 11) is 0. The number of likely N-dealkylation sites (tertiary alicyclic amines) is 1. The summed E-state index contributed by atoms with van der Waals surface area (Å²) in [6, 6.07) is 1.87. The highest BCUT2D eigenvalue weighted by Crippen LogP contribution is 2.29. The number of anilines is 1. The van der Waals surface area contributed by atoms with Crippen LogP contribution < -0.4 is 4.90 Å². The number of amides is 1. The number of carbonyl (C=O) groups is 1. The Morgan fingerprint density at radius 2 is 2.00 bits per heavy atom. The molecule has 1 aromatic rings. The lowest BCUT2D eigenvalue weighted by atomic mass is 9.94. The van der Waals surface area contributed by atoms with Gasteiger partial charge in [0.2, 0.25) is 0 Å². The second-order valence-electron chi connectivity index (χ2n) is 6.81. The quantitative estimate of drug-likeness (QED) is 0.831. The first-order valence-electron chi connectivity index (χ1n) is 8.79. The van der Waals surface area contributed by atoms with Gasteiger partial charge in [0, 0.05) is 44.8 Å². The van der Waals surface area contributed by atoms with Gasteiger partial charge in [0.05, 0.1) is 6.10 Å². The molecular formula is C17H24N4O2. The fraction of sp³-hybridized carbons (Fsp3) is 0.706. The molecule has 3 aliphatic heterocycles. The molecule has 124 valence electrons. The van der Waals surface area contributed by atoms with Crippen molar-refractivity contribution in [3.05, 3.63) is 18.1 Å². The lowest BCUT2D eigenvalue weighted by molar-refractivity contribution is 0.0303. The third-order valence-corrected chi connectivity index (χ3v) is 5.32. The SMILES string of the molecule is O=C(c1cc(N2CCCCC2)ncn1)N1CC[C@@H]2OCC[C@@H]2C1. The molecule has 3 saturated heterocycles. The van der Waals surface area contributed by atoms with Gasteiger partial charge >= 0.3 is 0 Å². The molecule has 0 spiro atoms. The van der Waals surface area contributed by atoms with Crippen LogP contribution in [0.4, 0.5) is 5.82 Å². The summed E-state index contributed by atoms with van der Waals surface area (Å²) < 4.78 is 5.72. The van der Waals surface area contributed by atoms with Crippen LogP contribution in [-0.4, -0.2) is 59.7 Å². The van der Waals surface area contributed by atoms with Gasteiger partial charge in [-0.05, 0) is 32.1 Å². The third-order valence-electron chi connectivity index (χ3n) is 5.32. The van der Waals surface area contributed by atoms with Gasteiger partial charge in [-0.2, -0.15) is 0 Å². The van der Waals surface area contributed by atoms with Crippen molar-refractivity contribution in [2.45, 2.75) is 38.2 Å². The van der Waals surface area contributed by atoms with E-state index in [1.54, 1.807) is 0 Å². The van der Waals surface area contributed by atoms with Gasteiger partial charge in [0.1, 0.15) is 17.8 Å². The first-order valence-corrected chi connectivity index (χ1v) is 8.79. The Morgan fingerprint density at radius 1 is 1.13 bits per heavy atom. The second kappa shape index (κ2) is 6.43. The molecule has 0 unspecified atom stereocenters. The summed E-state index contributed by atoms with van der Waals surface area (Å²) in [4.78, 5) is 25.6. The molecule has 6 heteroatoms. The Morgan fingerprint density at radius 3 is 2.87 bits per heavy atom. The van der Waals surface area contributed by atoms with Gasteiger partial charge in [0.25, 0.3) is 5.91 Å². The van der Waals surface area contributed by atoms with Gasteiger partial charge < -0.3 is 14.5 Å². The molecule has 0 N–H and O–H groups in total. The van der Waals surface area contributed by atoms with Crippen molar-refractivity contribution < 1.29 is 9.53 Å². The number of piperidine rings is 2. The Labute approximate surface area is 136 Å². The number of fused-ring (bicyclic) bond motifs is 1. The zero-order valence-corrected chi connectivity index (χ0v) is 13.5. The van der Waals surface area contributed by atoms with Gasteiger partial charge in [-0.15, -0.1) is 0 Å². The van der Waals surface area contributed by atoms with E-state index < -0.39 is 0 Å². The second-order valence-corrected chi connectivity index (χ2v) is 6.81. The molecule has 0 bridgehead atoms. The van der Waals surface area contributed by atoms with Crippen LogP contribution in [0.3, 0.4) is 0 Å². The van der Waals surface area contributed by atoms with Crippen molar-refractivity contribution in [3.63, 3.8) is 0 Å². The van der Waals surface area contributed by atoms with Crippen LogP contribution in [0.1, 0.15) is 42.6 Å². The van der Waals surface area contributed by atoms with Gasteiger partial charge in [-0.25, -0.2) is 9.97 Å². The molecular weight excluding hydrogens is 292 g/mol. The average molecular weight is 316 g/mol.